The molecule has 1 aromatic heterocycles. The fourth-order valence-electron chi connectivity index (χ4n) is 2.42. The second-order valence-corrected chi connectivity index (χ2v) is 5.69. The zero-order valence-corrected chi connectivity index (χ0v) is 11.9. The number of nitrogens with one attached hydrogen (secondary N) is 1. The molecule has 94 valence electrons. The van der Waals surface area contributed by atoms with Gasteiger partial charge in [0.15, 0.2) is 0 Å². The van der Waals surface area contributed by atoms with Crippen LogP contribution in [0.25, 0.3) is 0 Å². The van der Waals surface area contributed by atoms with Crippen LogP contribution in [0.15, 0.2) is 22.9 Å². The molecule has 0 aliphatic carbocycles. The van der Waals surface area contributed by atoms with Gasteiger partial charge in [0.2, 0.25) is 0 Å². The Morgan fingerprint density at radius 3 is 2.94 bits per heavy atom. The molecule has 0 unspecified atom stereocenters. The quantitative estimate of drug-likeness (QED) is 0.864. The van der Waals surface area contributed by atoms with Gasteiger partial charge in [-0.15, -0.1) is 0 Å². The van der Waals surface area contributed by atoms with E-state index in [2.05, 4.69) is 50.3 Å². The van der Waals surface area contributed by atoms with Crippen LogP contribution in [-0.4, -0.2) is 36.6 Å². The average molecular weight is 298 g/mol. The number of aromatic nitrogens is 1. The van der Waals surface area contributed by atoms with Crippen LogP contribution >= 0.6 is 15.9 Å². The summed E-state index contributed by atoms with van der Waals surface area (Å²) in [4.78, 5) is 6.57. The highest BCUT2D eigenvalue weighted by Gasteiger charge is 2.14. The molecule has 1 aromatic rings. The molecule has 2 rings (SSSR count). The Hall–Kier alpha value is -0.450. The van der Waals surface area contributed by atoms with Crippen molar-refractivity contribution in [1.82, 2.24) is 15.2 Å². The Balaban J connectivity index is 1.82. The van der Waals surface area contributed by atoms with E-state index in [-0.39, 0.29) is 0 Å². The topological polar surface area (TPSA) is 28.2 Å². The van der Waals surface area contributed by atoms with E-state index in [0.29, 0.717) is 0 Å². The molecule has 0 saturated carbocycles. The molecule has 0 radical (unpaired) electrons. The summed E-state index contributed by atoms with van der Waals surface area (Å²) in [5.74, 6) is 0.853. The van der Waals surface area contributed by atoms with Crippen molar-refractivity contribution in [3.05, 3.63) is 28.5 Å². The minimum Gasteiger partial charge on any atom is -0.317 e. The molecule has 4 heteroatoms. The number of hydrogen-bond acceptors (Lipinski definition) is 3. The van der Waals surface area contributed by atoms with E-state index in [1.54, 1.807) is 0 Å². The van der Waals surface area contributed by atoms with Crippen molar-refractivity contribution in [2.24, 2.45) is 5.92 Å². The maximum Gasteiger partial charge on any atom is 0.106 e. The maximum absolute atomic E-state index is 4.15. The van der Waals surface area contributed by atoms with E-state index < -0.39 is 0 Å². The van der Waals surface area contributed by atoms with Crippen molar-refractivity contribution in [3.63, 3.8) is 0 Å². The van der Waals surface area contributed by atoms with Gasteiger partial charge in [-0.2, -0.15) is 0 Å². The highest BCUT2D eigenvalue weighted by molar-refractivity contribution is 9.10. The molecule has 2 heterocycles. The zero-order valence-electron chi connectivity index (χ0n) is 10.3. The first kappa shape index (κ1) is 13.0. The minimum atomic E-state index is 0.853. The Morgan fingerprint density at radius 1 is 1.47 bits per heavy atom. The van der Waals surface area contributed by atoms with Crippen LogP contribution in [-0.2, 0) is 6.54 Å². The molecule has 0 spiro atoms. The predicted octanol–water partition coefficient (Wildman–Crippen LogP) is 2.28. The summed E-state index contributed by atoms with van der Waals surface area (Å²) >= 11 is 3.41. The lowest BCUT2D eigenvalue weighted by molar-refractivity contribution is 0.234. The summed E-state index contributed by atoms with van der Waals surface area (Å²) < 4.78 is 0.922. The molecule has 1 saturated heterocycles. The minimum absolute atomic E-state index is 0.853. The fourth-order valence-corrected chi connectivity index (χ4v) is 2.83. The van der Waals surface area contributed by atoms with Crippen LogP contribution in [0.5, 0.6) is 0 Å². The average Bonchev–Trinajstić information content (AvgIpc) is 2.30. The third kappa shape index (κ3) is 4.37. The van der Waals surface area contributed by atoms with E-state index in [0.717, 1.165) is 17.1 Å². The molecule has 17 heavy (non-hydrogen) atoms. The Bertz CT molecular complexity index is 350. The molecule has 1 aliphatic heterocycles. The molecule has 1 aliphatic rings. The summed E-state index contributed by atoms with van der Waals surface area (Å²) in [7, 11) is 2.20. The smallest absolute Gasteiger partial charge is 0.106 e. The molecular weight excluding hydrogens is 278 g/mol. The fraction of sp³-hybridized carbons (Fsp3) is 0.615. The van der Waals surface area contributed by atoms with Gasteiger partial charge in [0.25, 0.3) is 0 Å². The van der Waals surface area contributed by atoms with Gasteiger partial charge in [-0.1, -0.05) is 0 Å². The van der Waals surface area contributed by atoms with Crippen molar-refractivity contribution in [1.29, 1.82) is 0 Å². The Morgan fingerprint density at radius 2 is 2.24 bits per heavy atom. The maximum atomic E-state index is 4.15. The lowest BCUT2D eigenvalue weighted by atomic mass is 9.97. The van der Waals surface area contributed by atoms with Gasteiger partial charge in [-0.25, -0.2) is 4.98 Å². The summed E-state index contributed by atoms with van der Waals surface area (Å²) in [6, 6.07) is 4.18. The Kier molecular flexibility index (Phi) is 4.95. The predicted molar refractivity (Wildman–Crippen MR) is 73.9 cm³/mol. The molecule has 0 amide bonds. The first-order chi connectivity index (χ1) is 8.24. The van der Waals surface area contributed by atoms with Crippen LogP contribution in [0.4, 0.5) is 0 Å². The number of pyridine rings is 1. The monoisotopic (exact) mass is 297 g/mol. The number of nitrogens with zero attached hydrogens (tertiary/aromatic N) is 2. The van der Waals surface area contributed by atoms with E-state index in [1.807, 2.05) is 6.20 Å². The number of piperidine rings is 1. The van der Waals surface area contributed by atoms with Gasteiger partial charge in [0.1, 0.15) is 4.60 Å². The van der Waals surface area contributed by atoms with Gasteiger partial charge in [0, 0.05) is 19.3 Å². The number of hydrogen-bond donors (Lipinski definition) is 1. The Labute approximate surface area is 112 Å². The third-order valence-electron chi connectivity index (χ3n) is 3.27. The molecule has 0 atom stereocenters. The molecule has 1 fully saturated rings. The molecule has 3 nitrogen and oxygen atoms in total. The van der Waals surface area contributed by atoms with E-state index in [4.69, 9.17) is 0 Å². The van der Waals surface area contributed by atoms with Crippen molar-refractivity contribution in [2.75, 3.05) is 26.7 Å². The summed E-state index contributed by atoms with van der Waals surface area (Å²) in [5.41, 5.74) is 1.32. The van der Waals surface area contributed by atoms with Crippen LogP contribution in [0.2, 0.25) is 0 Å². The van der Waals surface area contributed by atoms with Crippen LogP contribution in [0.1, 0.15) is 18.4 Å². The van der Waals surface area contributed by atoms with E-state index >= 15 is 0 Å². The van der Waals surface area contributed by atoms with Gasteiger partial charge in [-0.05, 0) is 72.5 Å². The van der Waals surface area contributed by atoms with Crippen LogP contribution in [0, 0.1) is 5.92 Å². The van der Waals surface area contributed by atoms with Crippen molar-refractivity contribution < 1.29 is 0 Å². The second-order valence-electron chi connectivity index (χ2n) is 4.88. The van der Waals surface area contributed by atoms with Gasteiger partial charge >= 0.3 is 0 Å². The molecule has 0 aromatic carbocycles. The van der Waals surface area contributed by atoms with E-state index in [1.165, 1.54) is 38.0 Å². The number of rotatable bonds is 4. The van der Waals surface area contributed by atoms with Crippen molar-refractivity contribution in [3.8, 4) is 0 Å². The first-order valence-corrected chi connectivity index (χ1v) is 7.03. The van der Waals surface area contributed by atoms with Gasteiger partial charge < -0.3 is 10.2 Å². The first-order valence-electron chi connectivity index (χ1n) is 6.24. The normalized spacial score (nSPS) is 17.6. The standard InChI is InChI=1S/C13H20BrN3/c1-17(9-11-2-5-15-6-3-11)10-12-4-7-16-13(14)8-12/h4,7-8,11,15H,2-3,5-6,9-10H2,1H3. The summed E-state index contributed by atoms with van der Waals surface area (Å²) in [6.45, 7) is 4.56. The number of halogens is 1. The highest BCUT2D eigenvalue weighted by Crippen LogP contribution is 2.15. The van der Waals surface area contributed by atoms with Crippen LogP contribution in [0.3, 0.4) is 0 Å². The lowest BCUT2D eigenvalue weighted by Gasteiger charge is -2.27. The second kappa shape index (κ2) is 6.47. The third-order valence-corrected chi connectivity index (χ3v) is 3.71. The highest BCUT2D eigenvalue weighted by atomic mass is 79.9. The summed E-state index contributed by atoms with van der Waals surface area (Å²) in [6.07, 6.45) is 4.48. The lowest BCUT2D eigenvalue weighted by Crippen LogP contribution is -2.34. The van der Waals surface area contributed by atoms with Gasteiger partial charge in [-0.3, -0.25) is 0 Å². The molecular formula is C13H20BrN3. The van der Waals surface area contributed by atoms with Gasteiger partial charge in [0.05, 0.1) is 0 Å². The largest absolute Gasteiger partial charge is 0.317 e. The SMILES string of the molecule is CN(Cc1ccnc(Br)c1)CC1CCNCC1. The van der Waals surface area contributed by atoms with Crippen molar-refractivity contribution in [2.45, 2.75) is 19.4 Å². The van der Waals surface area contributed by atoms with Crippen molar-refractivity contribution >= 4 is 15.9 Å². The summed E-state index contributed by atoms with van der Waals surface area (Å²) in [5, 5.41) is 3.41. The molecule has 0 bridgehead atoms. The molecule has 1 N–H and O–H groups in total. The zero-order chi connectivity index (χ0) is 12.1. The van der Waals surface area contributed by atoms with Crippen LogP contribution < -0.4 is 5.32 Å². The van der Waals surface area contributed by atoms with E-state index in [9.17, 15) is 0 Å².